The van der Waals surface area contributed by atoms with Gasteiger partial charge in [0, 0.05) is 6.54 Å². The fourth-order valence-corrected chi connectivity index (χ4v) is 2.10. The smallest absolute Gasteiger partial charge is 0.123 e. The molecule has 0 saturated carbocycles. The molecule has 2 N–H and O–H groups in total. The minimum Gasteiger partial charge on any atom is -0.489 e. The average Bonchev–Trinajstić information content (AvgIpc) is 2.45. The van der Waals surface area contributed by atoms with Crippen molar-refractivity contribution in [3.05, 3.63) is 65.2 Å². The van der Waals surface area contributed by atoms with Crippen LogP contribution in [0.4, 0.5) is 0 Å². The predicted molar refractivity (Wildman–Crippen MR) is 79.2 cm³/mol. The number of nitrogens with two attached hydrogens (primary N) is 1. The third-order valence-corrected chi connectivity index (χ3v) is 3.16. The van der Waals surface area contributed by atoms with Crippen LogP contribution in [-0.4, -0.2) is 0 Å². The molecule has 2 aromatic rings. The molecule has 2 aromatic carbocycles. The third kappa shape index (κ3) is 3.58. The number of hydrogen-bond donors (Lipinski definition) is 1. The van der Waals surface area contributed by atoms with Crippen LogP contribution in [0.15, 0.2) is 48.5 Å². The Morgan fingerprint density at radius 3 is 2.47 bits per heavy atom. The maximum absolute atomic E-state index is 5.94. The van der Waals surface area contributed by atoms with Crippen LogP contribution in [0.1, 0.15) is 36.5 Å². The molecule has 0 bridgehead atoms. The minimum absolute atomic E-state index is 0.464. The highest BCUT2D eigenvalue weighted by Crippen LogP contribution is 2.26. The summed E-state index contributed by atoms with van der Waals surface area (Å²) in [7, 11) is 0. The first-order valence-electron chi connectivity index (χ1n) is 6.70. The monoisotopic (exact) mass is 255 g/mol. The van der Waals surface area contributed by atoms with Crippen LogP contribution in [0, 0.1) is 0 Å². The van der Waals surface area contributed by atoms with Crippen LogP contribution < -0.4 is 10.5 Å². The Morgan fingerprint density at radius 2 is 1.74 bits per heavy atom. The van der Waals surface area contributed by atoms with Gasteiger partial charge in [-0.3, -0.25) is 0 Å². The molecule has 0 unspecified atom stereocenters. The van der Waals surface area contributed by atoms with Crippen molar-refractivity contribution in [2.24, 2.45) is 5.73 Å². The van der Waals surface area contributed by atoms with Gasteiger partial charge in [-0.15, -0.1) is 0 Å². The molecular weight excluding hydrogens is 234 g/mol. The van der Waals surface area contributed by atoms with Crippen LogP contribution in [0.5, 0.6) is 5.75 Å². The second-order valence-corrected chi connectivity index (χ2v) is 5.01. The van der Waals surface area contributed by atoms with Gasteiger partial charge in [-0.05, 0) is 28.7 Å². The van der Waals surface area contributed by atoms with Crippen molar-refractivity contribution < 1.29 is 4.74 Å². The first kappa shape index (κ1) is 13.6. The van der Waals surface area contributed by atoms with Gasteiger partial charge in [-0.25, -0.2) is 0 Å². The second kappa shape index (κ2) is 6.39. The lowest BCUT2D eigenvalue weighted by molar-refractivity contribution is 0.301. The molecule has 0 fully saturated rings. The fourth-order valence-electron chi connectivity index (χ4n) is 2.10. The van der Waals surface area contributed by atoms with Gasteiger partial charge in [0.15, 0.2) is 0 Å². The van der Waals surface area contributed by atoms with Crippen molar-refractivity contribution in [3.63, 3.8) is 0 Å². The average molecular weight is 255 g/mol. The zero-order valence-electron chi connectivity index (χ0n) is 11.6. The summed E-state index contributed by atoms with van der Waals surface area (Å²) >= 11 is 0. The molecule has 0 saturated heterocycles. The van der Waals surface area contributed by atoms with Crippen LogP contribution in [0.3, 0.4) is 0 Å². The number of para-hydroxylation sites is 1. The van der Waals surface area contributed by atoms with E-state index in [9.17, 15) is 0 Å². The van der Waals surface area contributed by atoms with Gasteiger partial charge in [0.25, 0.3) is 0 Å². The Hall–Kier alpha value is -1.80. The van der Waals surface area contributed by atoms with Gasteiger partial charge >= 0.3 is 0 Å². The summed E-state index contributed by atoms with van der Waals surface area (Å²) < 4.78 is 5.94. The lowest BCUT2D eigenvalue weighted by Gasteiger charge is -2.14. The van der Waals surface area contributed by atoms with Crippen molar-refractivity contribution >= 4 is 0 Å². The van der Waals surface area contributed by atoms with E-state index >= 15 is 0 Å². The summed E-state index contributed by atoms with van der Waals surface area (Å²) in [5.74, 6) is 1.43. The molecule has 0 radical (unpaired) electrons. The fraction of sp³-hybridized carbons (Fsp3) is 0.294. The summed E-state index contributed by atoms with van der Waals surface area (Å²) in [6, 6.07) is 16.4. The normalized spacial score (nSPS) is 10.7. The first-order valence-corrected chi connectivity index (χ1v) is 6.70. The maximum Gasteiger partial charge on any atom is 0.123 e. The molecule has 0 spiro atoms. The highest BCUT2D eigenvalue weighted by Gasteiger charge is 2.06. The standard InChI is InChI=1S/C17H21NO/c1-13(2)16-8-3-4-9-17(16)19-12-15-7-5-6-14(10-15)11-18/h3-10,13H,11-12,18H2,1-2H3. The summed E-state index contributed by atoms with van der Waals surface area (Å²) in [4.78, 5) is 0. The number of benzene rings is 2. The lowest BCUT2D eigenvalue weighted by Crippen LogP contribution is -2.01. The molecule has 0 aliphatic heterocycles. The van der Waals surface area contributed by atoms with Gasteiger partial charge in [-0.1, -0.05) is 56.3 Å². The van der Waals surface area contributed by atoms with Crippen molar-refractivity contribution in [1.29, 1.82) is 0 Å². The SMILES string of the molecule is CC(C)c1ccccc1OCc1cccc(CN)c1. The molecule has 0 aliphatic carbocycles. The van der Waals surface area contributed by atoms with E-state index in [4.69, 9.17) is 10.5 Å². The van der Waals surface area contributed by atoms with Crippen molar-refractivity contribution in [2.45, 2.75) is 32.9 Å². The highest BCUT2D eigenvalue weighted by atomic mass is 16.5. The predicted octanol–water partition coefficient (Wildman–Crippen LogP) is 3.85. The van der Waals surface area contributed by atoms with E-state index in [0.29, 0.717) is 19.1 Å². The van der Waals surface area contributed by atoms with Gasteiger partial charge in [0.05, 0.1) is 0 Å². The van der Waals surface area contributed by atoms with E-state index in [0.717, 1.165) is 16.9 Å². The van der Waals surface area contributed by atoms with E-state index in [-0.39, 0.29) is 0 Å². The summed E-state index contributed by atoms with van der Waals surface area (Å²) in [5.41, 5.74) is 9.19. The van der Waals surface area contributed by atoms with Gasteiger partial charge in [-0.2, -0.15) is 0 Å². The molecule has 0 amide bonds. The minimum atomic E-state index is 0.464. The zero-order chi connectivity index (χ0) is 13.7. The van der Waals surface area contributed by atoms with E-state index < -0.39 is 0 Å². The quantitative estimate of drug-likeness (QED) is 0.880. The summed E-state index contributed by atoms with van der Waals surface area (Å²) in [5, 5.41) is 0. The van der Waals surface area contributed by atoms with E-state index in [1.54, 1.807) is 0 Å². The maximum atomic E-state index is 5.94. The van der Waals surface area contributed by atoms with Crippen molar-refractivity contribution in [1.82, 2.24) is 0 Å². The van der Waals surface area contributed by atoms with E-state index in [2.05, 4.69) is 38.1 Å². The number of ether oxygens (including phenoxy) is 1. The molecule has 2 nitrogen and oxygen atoms in total. The molecule has 0 atom stereocenters. The van der Waals surface area contributed by atoms with Crippen LogP contribution in [0.2, 0.25) is 0 Å². The molecule has 100 valence electrons. The topological polar surface area (TPSA) is 35.2 Å². The van der Waals surface area contributed by atoms with Crippen LogP contribution in [0.25, 0.3) is 0 Å². The summed E-state index contributed by atoms with van der Waals surface area (Å²) in [6.45, 7) is 5.50. The van der Waals surface area contributed by atoms with Crippen molar-refractivity contribution in [3.8, 4) is 5.75 Å². The van der Waals surface area contributed by atoms with Crippen LogP contribution >= 0.6 is 0 Å². The Morgan fingerprint density at radius 1 is 1.00 bits per heavy atom. The molecule has 2 rings (SSSR count). The van der Waals surface area contributed by atoms with E-state index in [1.165, 1.54) is 5.56 Å². The van der Waals surface area contributed by atoms with Crippen molar-refractivity contribution in [2.75, 3.05) is 0 Å². The highest BCUT2D eigenvalue weighted by molar-refractivity contribution is 5.36. The van der Waals surface area contributed by atoms with Crippen LogP contribution in [-0.2, 0) is 13.2 Å². The second-order valence-electron chi connectivity index (χ2n) is 5.01. The molecule has 0 heterocycles. The van der Waals surface area contributed by atoms with E-state index in [1.807, 2.05) is 24.3 Å². The Labute approximate surface area is 115 Å². The van der Waals surface area contributed by atoms with Gasteiger partial charge < -0.3 is 10.5 Å². The number of rotatable bonds is 5. The van der Waals surface area contributed by atoms with Gasteiger partial charge in [0.2, 0.25) is 0 Å². The Balaban J connectivity index is 2.10. The number of hydrogen-bond acceptors (Lipinski definition) is 2. The largest absolute Gasteiger partial charge is 0.489 e. The summed E-state index contributed by atoms with van der Waals surface area (Å²) in [6.07, 6.45) is 0. The molecule has 2 heteroatoms. The molecular formula is C17H21NO. The third-order valence-electron chi connectivity index (χ3n) is 3.16. The van der Waals surface area contributed by atoms with Gasteiger partial charge in [0.1, 0.15) is 12.4 Å². The molecule has 19 heavy (non-hydrogen) atoms. The first-order chi connectivity index (χ1) is 9.20. The Bertz CT molecular complexity index is 534. The lowest BCUT2D eigenvalue weighted by atomic mass is 10.0. The zero-order valence-corrected chi connectivity index (χ0v) is 11.6. The Kier molecular flexibility index (Phi) is 4.58. The molecule has 0 aromatic heterocycles. The molecule has 0 aliphatic rings.